The van der Waals surface area contributed by atoms with E-state index >= 15 is 0 Å². The molecule has 0 unspecified atom stereocenters. The number of nitrogens with one attached hydrogen (secondary N) is 2. The molecule has 0 saturated carbocycles. The Bertz CT molecular complexity index is 951. The Morgan fingerprint density at radius 3 is 2.30 bits per heavy atom. The Morgan fingerprint density at radius 1 is 0.926 bits per heavy atom. The summed E-state index contributed by atoms with van der Waals surface area (Å²) < 4.78 is 0. The fraction of sp³-hybridized carbons (Fsp3) is 0.143. The average molecular weight is 360 g/mol. The van der Waals surface area contributed by atoms with Gasteiger partial charge in [0.1, 0.15) is 0 Å². The molecule has 0 aliphatic heterocycles. The number of para-hydroxylation sites is 1. The topological polar surface area (TPSA) is 84.0 Å². The van der Waals surface area contributed by atoms with Crippen molar-refractivity contribution in [3.8, 4) is 0 Å². The Morgan fingerprint density at radius 2 is 1.67 bits per heavy atom. The van der Waals surface area contributed by atoms with Gasteiger partial charge in [-0.15, -0.1) is 10.2 Å². The molecule has 136 valence electrons. The molecule has 6 nitrogen and oxygen atoms in total. The summed E-state index contributed by atoms with van der Waals surface area (Å²) >= 11 is 0. The maximum absolute atomic E-state index is 12.3. The second-order valence-electron chi connectivity index (χ2n) is 6.03. The number of Topliss-reactive ketones (excluding diaryl/α,β-unsaturated/α-hetero) is 1. The third kappa shape index (κ3) is 4.55. The van der Waals surface area contributed by atoms with E-state index in [1.807, 2.05) is 18.2 Å². The van der Waals surface area contributed by atoms with Gasteiger partial charge in [0.15, 0.2) is 17.3 Å². The number of benzene rings is 2. The zero-order valence-electron chi connectivity index (χ0n) is 15.2. The quantitative estimate of drug-likeness (QED) is 0.643. The zero-order chi connectivity index (χ0) is 19.2. The van der Waals surface area contributed by atoms with Gasteiger partial charge in [0.2, 0.25) is 0 Å². The molecule has 1 aromatic heterocycles. The molecule has 1 amide bonds. The van der Waals surface area contributed by atoms with Gasteiger partial charge in [0, 0.05) is 16.9 Å². The summed E-state index contributed by atoms with van der Waals surface area (Å²) in [5.74, 6) is 0.184. The summed E-state index contributed by atoms with van der Waals surface area (Å²) in [4.78, 5) is 23.6. The Hall–Kier alpha value is -3.54. The van der Waals surface area contributed by atoms with Crippen LogP contribution in [0.25, 0.3) is 0 Å². The second-order valence-corrected chi connectivity index (χ2v) is 6.03. The molecule has 1 heterocycles. The van der Waals surface area contributed by atoms with Gasteiger partial charge >= 0.3 is 0 Å². The molecular formula is C21H20N4O2. The lowest BCUT2D eigenvalue weighted by molar-refractivity contribution is 0.101. The third-order valence-electron chi connectivity index (χ3n) is 4.11. The highest BCUT2D eigenvalue weighted by Gasteiger charge is 2.10. The molecule has 0 saturated heterocycles. The van der Waals surface area contributed by atoms with Crippen LogP contribution in [-0.4, -0.2) is 21.9 Å². The van der Waals surface area contributed by atoms with Gasteiger partial charge < -0.3 is 10.6 Å². The largest absolute Gasteiger partial charge is 0.339 e. The zero-order valence-corrected chi connectivity index (χ0v) is 15.2. The van der Waals surface area contributed by atoms with Crippen molar-refractivity contribution in [1.29, 1.82) is 0 Å². The van der Waals surface area contributed by atoms with Gasteiger partial charge in [0.25, 0.3) is 5.91 Å². The number of rotatable bonds is 6. The molecule has 6 heteroatoms. The van der Waals surface area contributed by atoms with Crippen molar-refractivity contribution in [2.75, 3.05) is 10.6 Å². The number of anilines is 3. The summed E-state index contributed by atoms with van der Waals surface area (Å²) in [7, 11) is 0. The van der Waals surface area contributed by atoms with Crippen LogP contribution in [0.3, 0.4) is 0 Å². The van der Waals surface area contributed by atoms with Crippen LogP contribution in [0.2, 0.25) is 0 Å². The number of amides is 1. The molecule has 0 aliphatic rings. The minimum atomic E-state index is -0.362. The number of carbonyl (C=O) groups excluding carboxylic acids is 2. The van der Waals surface area contributed by atoms with Crippen molar-refractivity contribution in [3.63, 3.8) is 0 Å². The van der Waals surface area contributed by atoms with Crippen LogP contribution in [0.4, 0.5) is 17.2 Å². The van der Waals surface area contributed by atoms with Crippen LogP contribution in [0.15, 0.2) is 60.7 Å². The van der Waals surface area contributed by atoms with Crippen LogP contribution < -0.4 is 10.6 Å². The van der Waals surface area contributed by atoms with Crippen LogP contribution in [0, 0.1) is 0 Å². The van der Waals surface area contributed by atoms with Crippen molar-refractivity contribution in [3.05, 3.63) is 77.5 Å². The summed E-state index contributed by atoms with van der Waals surface area (Å²) in [6, 6.07) is 18.0. The molecule has 27 heavy (non-hydrogen) atoms. The number of carbonyl (C=O) groups is 2. The number of hydrogen-bond acceptors (Lipinski definition) is 5. The van der Waals surface area contributed by atoms with E-state index in [0.717, 1.165) is 12.1 Å². The highest BCUT2D eigenvalue weighted by atomic mass is 16.2. The molecule has 3 rings (SSSR count). The Labute approximate surface area is 157 Å². The third-order valence-corrected chi connectivity index (χ3v) is 4.11. The van der Waals surface area contributed by atoms with E-state index in [1.54, 1.807) is 36.4 Å². The first-order valence-electron chi connectivity index (χ1n) is 8.68. The first kappa shape index (κ1) is 18.3. The molecular weight excluding hydrogens is 340 g/mol. The second kappa shape index (κ2) is 8.23. The summed E-state index contributed by atoms with van der Waals surface area (Å²) in [5, 5.41) is 14.0. The average Bonchev–Trinajstić information content (AvgIpc) is 2.69. The molecule has 2 N–H and O–H groups in total. The maximum atomic E-state index is 12.3. The number of aromatic nitrogens is 2. The number of aryl methyl sites for hydroxylation is 1. The molecule has 0 spiro atoms. The monoisotopic (exact) mass is 360 g/mol. The molecule has 3 aromatic rings. The minimum Gasteiger partial charge on any atom is -0.339 e. The van der Waals surface area contributed by atoms with Gasteiger partial charge in [-0.05, 0) is 61.4 Å². The molecule has 0 atom stereocenters. The highest BCUT2D eigenvalue weighted by Crippen LogP contribution is 2.19. The Balaban J connectivity index is 1.67. The van der Waals surface area contributed by atoms with Crippen LogP contribution >= 0.6 is 0 Å². The lowest BCUT2D eigenvalue weighted by Crippen LogP contribution is -2.14. The van der Waals surface area contributed by atoms with E-state index in [1.165, 1.54) is 12.5 Å². The van der Waals surface area contributed by atoms with E-state index in [0.29, 0.717) is 17.1 Å². The number of nitrogens with zero attached hydrogens (tertiary/aromatic N) is 2. The predicted molar refractivity (Wildman–Crippen MR) is 106 cm³/mol. The first-order chi connectivity index (χ1) is 13.1. The van der Waals surface area contributed by atoms with Gasteiger partial charge in [-0.3, -0.25) is 9.59 Å². The lowest BCUT2D eigenvalue weighted by Gasteiger charge is -2.10. The van der Waals surface area contributed by atoms with Crippen molar-refractivity contribution in [2.45, 2.75) is 20.3 Å². The Kier molecular flexibility index (Phi) is 5.56. The molecule has 0 bridgehead atoms. The maximum Gasteiger partial charge on any atom is 0.276 e. The summed E-state index contributed by atoms with van der Waals surface area (Å²) in [6.07, 6.45) is 0.902. The molecule has 0 radical (unpaired) electrons. The van der Waals surface area contributed by atoms with Crippen LogP contribution in [0.1, 0.15) is 40.3 Å². The number of hydrogen-bond donors (Lipinski definition) is 2. The van der Waals surface area contributed by atoms with Crippen molar-refractivity contribution >= 4 is 28.9 Å². The van der Waals surface area contributed by atoms with E-state index in [4.69, 9.17) is 0 Å². The van der Waals surface area contributed by atoms with Gasteiger partial charge in [-0.1, -0.05) is 25.1 Å². The summed E-state index contributed by atoms with van der Waals surface area (Å²) in [5.41, 5.74) is 3.54. The van der Waals surface area contributed by atoms with Gasteiger partial charge in [0.05, 0.1) is 0 Å². The van der Waals surface area contributed by atoms with E-state index in [-0.39, 0.29) is 17.4 Å². The van der Waals surface area contributed by atoms with Crippen molar-refractivity contribution in [2.24, 2.45) is 0 Å². The van der Waals surface area contributed by atoms with Crippen LogP contribution in [0.5, 0.6) is 0 Å². The fourth-order valence-electron chi connectivity index (χ4n) is 2.59. The van der Waals surface area contributed by atoms with Gasteiger partial charge in [-0.2, -0.15) is 0 Å². The van der Waals surface area contributed by atoms with E-state index in [9.17, 15) is 9.59 Å². The predicted octanol–water partition coefficient (Wildman–Crippen LogP) is 4.24. The minimum absolute atomic E-state index is 0.0218. The highest BCUT2D eigenvalue weighted by molar-refractivity contribution is 6.03. The molecule has 0 fully saturated rings. The SMILES string of the molecule is CCc1ccccc1Nc1ccc(C(=O)Nc2ccc(C(C)=O)cc2)nn1. The summed E-state index contributed by atoms with van der Waals surface area (Å²) in [6.45, 7) is 3.58. The normalized spacial score (nSPS) is 10.3. The number of ketones is 1. The van der Waals surface area contributed by atoms with E-state index < -0.39 is 0 Å². The van der Waals surface area contributed by atoms with E-state index in [2.05, 4.69) is 33.8 Å². The van der Waals surface area contributed by atoms with Crippen molar-refractivity contribution < 1.29 is 9.59 Å². The molecule has 0 aliphatic carbocycles. The van der Waals surface area contributed by atoms with Gasteiger partial charge in [-0.25, -0.2) is 0 Å². The lowest BCUT2D eigenvalue weighted by atomic mass is 10.1. The standard InChI is InChI=1S/C21H20N4O2/c1-3-15-6-4-5-7-18(15)23-20-13-12-19(24-25-20)21(27)22-17-10-8-16(9-11-17)14(2)26/h4-13H,3H2,1-2H3,(H,22,27)(H,23,25). The first-order valence-corrected chi connectivity index (χ1v) is 8.68. The fourth-order valence-corrected chi connectivity index (χ4v) is 2.59. The van der Waals surface area contributed by atoms with Crippen molar-refractivity contribution in [1.82, 2.24) is 10.2 Å². The van der Waals surface area contributed by atoms with Crippen LogP contribution in [-0.2, 0) is 6.42 Å². The molecule has 2 aromatic carbocycles. The smallest absolute Gasteiger partial charge is 0.276 e.